The summed E-state index contributed by atoms with van der Waals surface area (Å²) in [7, 11) is 1.51. The van der Waals surface area contributed by atoms with Gasteiger partial charge in [-0.1, -0.05) is 18.5 Å². The molecule has 0 saturated heterocycles. The number of amides is 2. The number of aliphatic hydroxyl groups excluding tert-OH is 1. The first-order chi connectivity index (χ1) is 14.8. The highest BCUT2D eigenvalue weighted by Crippen LogP contribution is 2.28. The van der Waals surface area contributed by atoms with E-state index in [1.54, 1.807) is 18.2 Å². The lowest BCUT2D eigenvalue weighted by molar-refractivity contribution is 0.0961. The van der Waals surface area contributed by atoms with E-state index in [1.165, 1.54) is 7.05 Å². The van der Waals surface area contributed by atoms with Gasteiger partial charge >= 0.3 is 0 Å². The first kappa shape index (κ1) is 22.8. The van der Waals surface area contributed by atoms with Crippen molar-refractivity contribution in [2.75, 3.05) is 17.7 Å². The Bertz CT molecular complexity index is 976. The van der Waals surface area contributed by atoms with Gasteiger partial charge in [-0.3, -0.25) is 9.59 Å². The van der Waals surface area contributed by atoms with Gasteiger partial charge in [0.15, 0.2) is 11.5 Å². The summed E-state index contributed by atoms with van der Waals surface area (Å²) >= 11 is 6.12. The third kappa shape index (κ3) is 5.42. The minimum absolute atomic E-state index is 0.0120. The van der Waals surface area contributed by atoms with Crippen LogP contribution in [0.2, 0.25) is 5.02 Å². The van der Waals surface area contributed by atoms with E-state index < -0.39 is 5.91 Å². The van der Waals surface area contributed by atoms with Crippen LogP contribution < -0.4 is 21.7 Å². The molecule has 0 spiro atoms. The summed E-state index contributed by atoms with van der Waals surface area (Å²) < 4.78 is 0. The van der Waals surface area contributed by atoms with Crippen molar-refractivity contribution in [3.63, 3.8) is 0 Å². The van der Waals surface area contributed by atoms with Gasteiger partial charge in [-0.25, -0.2) is 9.97 Å². The average molecular weight is 447 g/mol. The Labute approximate surface area is 185 Å². The highest BCUT2D eigenvalue weighted by molar-refractivity contribution is 6.34. The van der Waals surface area contributed by atoms with Crippen LogP contribution >= 0.6 is 11.6 Å². The molecule has 0 atom stereocenters. The van der Waals surface area contributed by atoms with Gasteiger partial charge in [0.25, 0.3) is 11.8 Å². The molecule has 0 unspecified atom stereocenters. The molecule has 1 fully saturated rings. The second-order valence-electron chi connectivity index (χ2n) is 7.48. The summed E-state index contributed by atoms with van der Waals surface area (Å²) in [5, 5.41) is 19.0. The standard InChI is InChI=1S/C21H27ClN6O3/c1-3-16-19(25-11-4-7-13(29)8-5-11)28-20(17(27-16)18(23)30)26-12-6-9-15(22)14(10-12)21(31)24-2/h6,9-11,13,29H,3-5,7-8H2,1-2H3,(H2,23,30)(H,24,31)(H2,25,26,28). The lowest BCUT2D eigenvalue weighted by atomic mass is 9.93. The third-order valence-corrected chi connectivity index (χ3v) is 5.60. The number of rotatable bonds is 7. The van der Waals surface area contributed by atoms with Crippen molar-refractivity contribution in [1.29, 1.82) is 0 Å². The molecule has 3 rings (SSSR count). The van der Waals surface area contributed by atoms with Crippen molar-refractivity contribution in [1.82, 2.24) is 15.3 Å². The molecular formula is C21H27ClN6O3. The van der Waals surface area contributed by atoms with Gasteiger partial charge in [0, 0.05) is 18.8 Å². The van der Waals surface area contributed by atoms with Gasteiger partial charge < -0.3 is 26.8 Å². The van der Waals surface area contributed by atoms with Crippen molar-refractivity contribution in [3.05, 3.63) is 40.2 Å². The zero-order valence-corrected chi connectivity index (χ0v) is 18.3. The second-order valence-corrected chi connectivity index (χ2v) is 7.89. The van der Waals surface area contributed by atoms with E-state index in [2.05, 4.69) is 25.9 Å². The zero-order chi connectivity index (χ0) is 22.5. The van der Waals surface area contributed by atoms with Crippen molar-refractivity contribution in [3.8, 4) is 0 Å². The molecular weight excluding hydrogens is 420 g/mol. The number of carbonyl (C=O) groups is 2. The minimum Gasteiger partial charge on any atom is -0.393 e. The van der Waals surface area contributed by atoms with Gasteiger partial charge in [0.05, 0.1) is 22.4 Å². The largest absolute Gasteiger partial charge is 0.393 e. The van der Waals surface area contributed by atoms with Crippen LogP contribution in [0.4, 0.5) is 17.3 Å². The molecule has 1 aliphatic rings. The van der Waals surface area contributed by atoms with E-state index in [1.807, 2.05) is 6.92 Å². The van der Waals surface area contributed by atoms with Gasteiger partial charge in [0.2, 0.25) is 0 Å². The number of aliphatic hydroxyl groups is 1. The van der Waals surface area contributed by atoms with Crippen molar-refractivity contribution in [2.24, 2.45) is 5.73 Å². The highest BCUT2D eigenvalue weighted by atomic mass is 35.5. The third-order valence-electron chi connectivity index (χ3n) is 5.27. The summed E-state index contributed by atoms with van der Waals surface area (Å²) in [6, 6.07) is 4.98. The summed E-state index contributed by atoms with van der Waals surface area (Å²) in [4.78, 5) is 33.1. The number of nitrogens with two attached hydrogens (primary N) is 1. The lowest BCUT2D eigenvalue weighted by Crippen LogP contribution is -2.29. The van der Waals surface area contributed by atoms with Gasteiger partial charge in [-0.05, 0) is 50.3 Å². The number of aryl methyl sites for hydroxylation is 1. The van der Waals surface area contributed by atoms with Crippen LogP contribution in [0.25, 0.3) is 0 Å². The lowest BCUT2D eigenvalue weighted by Gasteiger charge is -2.27. The quantitative estimate of drug-likeness (QED) is 0.440. The fraction of sp³-hybridized carbons (Fsp3) is 0.429. The van der Waals surface area contributed by atoms with E-state index >= 15 is 0 Å². The number of nitrogens with one attached hydrogen (secondary N) is 3. The summed E-state index contributed by atoms with van der Waals surface area (Å²) in [6.07, 6.45) is 3.39. The number of aromatic nitrogens is 2. The Hall–Kier alpha value is -2.91. The van der Waals surface area contributed by atoms with Gasteiger partial charge in [-0.2, -0.15) is 0 Å². The Kier molecular flexibility index (Phi) is 7.29. The molecule has 9 nitrogen and oxygen atoms in total. The Morgan fingerprint density at radius 2 is 1.90 bits per heavy atom. The molecule has 1 saturated carbocycles. The maximum atomic E-state index is 12.0. The van der Waals surface area contributed by atoms with Gasteiger partial charge in [0.1, 0.15) is 5.82 Å². The minimum atomic E-state index is -0.711. The number of anilines is 3. The first-order valence-corrected chi connectivity index (χ1v) is 10.6. The number of hydrogen-bond acceptors (Lipinski definition) is 7. The molecule has 0 bridgehead atoms. The highest BCUT2D eigenvalue weighted by Gasteiger charge is 2.23. The normalized spacial score (nSPS) is 18.3. The summed E-state index contributed by atoms with van der Waals surface area (Å²) in [6.45, 7) is 1.92. The molecule has 0 aliphatic heterocycles. The molecule has 166 valence electrons. The SMILES string of the molecule is CCc1nc(C(N)=O)c(Nc2ccc(Cl)c(C(=O)NC)c2)nc1NC1CCC(O)CC1. The predicted octanol–water partition coefficient (Wildman–Crippen LogP) is 2.61. The fourth-order valence-corrected chi connectivity index (χ4v) is 3.76. The number of primary amides is 1. The van der Waals surface area contributed by atoms with E-state index in [0.29, 0.717) is 28.6 Å². The molecule has 1 aliphatic carbocycles. The molecule has 2 amide bonds. The van der Waals surface area contributed by atoms with Crippen molar-refractivity contribution in [2.45, 2.75) is 51.2 Å². The Morgan fingerprint density at radius 1 is 1.19 bits per heavy atom. The number of nitrogens with zero attached hydrogens (tertiary/aromatic N) is 2. The molecule has 31 heavy (non-hydrogen) atoms. The Morgan fingerprint density at radius 3 is 2.52 bits per heavy atom. The second kappa shape index (κ2) is 9.93. The zero-order valence-electron chi connectivity index (χ0n) is 17.5. The maximum absolute atomic E-state index is 12.0. The molecule has 1 aromatic carbocycles. The van der Waals surface area contributed by atoms with Crippen LogP contribution in [-0.2, 0) is 6.42 Å². The average Bonchev–Trinajstić information content (AvgIpc) is 2.76. The number of carbonyl (C=O) groups excluding carboxylic acids is 2. The van der Waals surface area contributed by atoms with Crippen LogP contribution in [0.3, 0.4) is 0 Å². The molecule has 0 radical (unpaired) electrons. The Balaban J connectivity index is 1.95. The van der Waals surface area contributed by atoms with E-state index in [0.717, 1.165) is 25.7 Å². The summed E-state index contributed by atoms with van der Waals surface area (Å²) in [5.41, 5.74) is 6.99. The van der Waals surface area contributed by atoms with Crippen LogP contribution in [0, 0.1) is 0 Å². The van der Waals surface area contributed by atoms with E-state index in [-0.39, 0.29) is 35.1 Å². The first-order valence-electron chi connectivity index (χ1n) is 10.3. The molecule has 1 aromatic heterocycles. The number of hydrogen-bond donors (Lipinski definition) is 5. The van der Waals surface area contributed by atoms with Crippen LogP contribution in [0.15, 0.2) is 18.2 Å². The van der Waals surface area contributed by atoms with E-state index in [9.17, 15) is 14.7 Å². The van der Waals surface area contributed by atoms with Crippen LogP contribution in [-0.4, -0.2) is 46.1 Å². The molecule has 6 N–H and O–H groups in total. The molecule has 10 heteroatoms. The topological polar surface area (TPSA) is 142 Å². The maximum Gasteiger partial charge on any atom is 0.271 e. The molecule has 1 heterocycles. The van der Waals surface area contributed by atoms with Crippen molar-refractivity contribution < 1.29 is 14.7 Å². The number of halogens is 1. The molecule has 2 aromatic rings. The van der Waals surface area contributed by atoms with Crippen LogP contribution in [0.1, 0.15) is 59.1 Å². The predicted molar refractivity (Wildman–Crippen MR) is 120 cm³/mol. The summed E-state index contributed by atoms with van der Waals surface area (Å²) in [5.74, 6) is -0.291. The monoisotopic (exact) mass is 446 g/mol. The van der Waals surface area contributed by atoms with Crippen LogP contribution in [0.5, 0.6) is 0 Å². The van der Waals surface area contributed by atoms with Gasteiger partial charge in [-0.15, -0.1) is 0 Å². The fourth-order valence-electron chi connectivity index (χ4n) is 3.55. The smallest absolute Gasteiger partial charge is 0.271 e. The number of benzene rings is 1. The van der Waals surface area contributed by atoms with Crippen molar-refractivity contribution >= 4 is 40.7 Å². The van der Waals surface area contributed by atoms with E-state index in [4.69, 9.17) is 17.3 Å².